The van der Waals surface area contributed by atoms with Crippen molar-refractivity contribution in [3.05, 3.63) is 72.7 Å². The number of allylic oxidation sites excluding steroid dienone is 1. The second kappa shape index (κ2) is 10.8. The number of aromatic nitrogens is 3. The van der Waals surface area contributed by atoms with Gasteiger partial charge in [-0.25, -0.2) is 15.0 Å². The summed E-state index contributed by atoms with van der Waals surface area (Å²) in [5, 5.41) is 10.7. The fourth-order valence-corrected chi connectivity index (χ4v) is 4.35. The Hall–Kier alpha value is -3.56. The Kier molecular flexibility index (Phi) is 7.43. The van der Waals surface area contributed by atoms with E-state index in [0.29, 0.717) is 11.8 Å². The first-order valence-electron chi connectivity index (χ1n) is 10.8. The highest BCUT2D eigenvalue weighted by Gasteiger charge is 2.13. The molecule has 0 amide bonds. The van der Waals surface area contributed by atoms with Crippen LogP contribution in [0, 0.1) is 6.92 Å². The van der Waals surface area contributed by atoms with Gasteiger partial charge < -0.3 is 20.9 Å². The van der Waals surface area contributed by atoms with Crippen molar-refractivity contribution in [1.29, 1.82) is 0 Å². The van der Waals surface area contributed by atoms with Gasteiger partial charge in [0.15, 0.2) is 5.13 Å². The Balaban J connectivity index is 1.45. The first-order valence-corrected chi connectivity index (χ1v) is 11.6. The van der Waals surface area contributed by atoms with Crippen LogP contribution in [0.15, 0.2) is 72.0 Å². The summed E-state index contributed by atoms with van der Waals surface area (Å²) >= 11 is 1.56. The number of para-hydroxylation sites is 1. The standard InChI is InChI=1S/C24H28N8S/c1-17(32-15-13-26-14-16-32)9-10-21(25-3)31-23-27-12-11-20(30-23)22-18(2)28-24(33-22)29-19-7-5-4-6-8-19/h4-12,26H,1,13-16H2,2-3H3,(H,28,29)(H,25,27,30,31)/b10-9-. The minimum Gasteiger partial charge on any atom is -0.369 e. The normalized spacial score (nSPS) is 14.5. The monoisotopic (exact) mass is 460 g/mol. The highest BCUT2D eigenvalue weighted by Crippen LogP contribution is 2.33. The van der Waals surface area contributed by atoms with Crippen LogP contribution < -0.4 is 16.0 Å². The summed E-state index contributed by atoms with van der Waals surface area (Å²) in [4.78, 5) is 21.3. The van der Waals surface area contributed by atoms with Gasteiger partial charge in [-0.05, 0) is 37.3 Å². The number of benzene rings is 1. The van der Waals surface area contributed by atoms with Crippen LogP contribution in [0.5, 0.6) is 0 Å². The predicted octanol–water partition coefficient (Wildman–Crippen LogP) is 4.07. The molecule has 0 bridgehead atoms. The lowest BCUT2D eigenvalue weighted by atomic mass is 10.3. The molecule has 9 heteroatoms. The summed E-state index contributed by atoms with van der Waals surface area (Å²) in [6, 6.07) is 11.9. The molecule has 1 aromatic carbocycles. The van der Waals surface area contributed by atoms with Crippen LogP contribution in [0.3, 0.4) is 0 Å². The molecule has 170 valence electrons. The number of aliphatic imine (C=N–C) groups is 1. The van der Waals surface area contributed by atoms with Crippen LogP contribution in [0.4, 0.5) is 16.8 Å². The van der Waals surface area contributed by atoms with Gasteiger partial charge in [-0.1, -0.05) is 36.1 Å². The molecule has 0 unspecified atom stereocenters. The van der Waals surface area contributed by atoms with Crippen molar-refractivity contribution >= 4 is 33.9 Å². The highest BCUT2D eigenvalue weighted by molar-refractivity contribution is 7.19. The van der Waals surface area contributed by atoms with Crippen LogP contribution in [0.25, 0.3) is 10.6 Å². The van der Waals surface area contributed by atoms with Crippen LogP contribution in [0.1, 0.15) is 5.69 Å². The number of nitrogens with zero attached hydrogens (tertiary/aromatic N) is 5. The molecule has 0 radical (unpaired) electrons. The Labute approximate surface area is 198 Å². The van der Waals surface area contributed by atoms with Crippen molar-refractivity contribution in [3.8, 4) is 10.6 Å². The lowest BCUT2D eigenvalue weighted by Gasteiger charge is -2.29. The molecule has 0 aliphatic carbocycles. The SMILES string of the molecule is C=C(/C=C\C(=NC)Nc1nccc(-c2sc(Nc3ccccc3)nc2C)n1)N1CCNCC1. The molecule has 1 saturated heterocycles. The molecule has 3 heterocycles. The first kappa shape index (κ1) is 22.6. The maximum absolute atomic E-state index is 4.69. The van der Waals surface area contributed by atoms with E-state index in [1.165, 1.54) is 0 Å². The van der Waals surface area contributed by atoms with Gasteiger partial charge in [-0.15, -0.1) is 0 Å². The molecule has 4 rings (SSSR count). The van der Waals surface area contributed by atoms with E-state index in [4.69, 9.17) is 4.98 Å². The third kappa shape index (κ3) is 6.03. The number of nitrogens with one attached hydrogen (secondary N) is 3. The smallest absolute Gasteiger partial charge is 0.228 e. The van der Waals surface area contributed by atoms with Crippen LogP contribution in [-0.4, -0.2) is 58.9 Å². The first-order chi connectivity index (χ1) is 16.1. The zero-order valence-corrected chi connectivity index (χ0v) is 19.7. The molecule has 3 N–H and O–H groups in total. The Bertz CT molecular complexity index is 1150. The second-order valence-corrected chi connectivity index (χ2v) is 8.48. The molecule has 8 nitrogen and oxygen atoms in total. The fourth-order valence-electron chi connectivity index (χ4n) is 3.40. The average Bonchev–Trinajstić information content (AvgIpc) is 3.22. The summed E-state index contributed by atoms with van der Waals surface area (Å²) in [6.45, 7) is 10.0. The average molecular weight is 461 g/mol. The number of hydrogen-bond acceptors (Lipinski definition) is 8. The summed E-state index contributed by atoms with van der Waals surface area (Å²) in [5.74, 6) is 1.15. The topological polar surface area (TPSA) is 90.4 Å². The van der Waals surface area contributed by atoms with Crippen LogP contribution >= 0.6 is 11.3 Å². The minimum atomic E-state index is 0.482. The van der Waals surface area contributed by atoms with Gasteiger partial charge in [0.1, 0.15) is 5.84 Å². The molecule has 3 aromatic rings. The summed E-state index contributed by atoms with van der Waals surface area (Å²) < 4.78 is 0. The van der Waals surface area contributed by atoms with E-state index in [0.717, 1.165) is 59.0 Å². The molecular formula is C24H28N8S. The van der Waals surface area contributed by atoms with E-state index in [1.54, 1.807) is 24.6 Å². The number of anilines is 3. The third-order valence-electron chi connectivity index (χ3n) is 5.15. The number of rotatable bonds is 7. The van der Waals surface area contributed by atoms with E-state index in [1.807, 2.05) is 55.5 Å². The molecule has 1 fully saturated rings. The molecule has 33 heavy (non-hydrogen) atoms. The van der Waals surface area contributed by atoms with E-state index in [9.17, 15) is 0 Å². The summed E-state index contributed by atoms with van der Waals surface area (Å²) in [6.07, 6.45) is 5.62. The van der Waals surface area contributed by atoms with Crippen LogP contribution in [-0.2, 0) is 0 Å². The van der Waals surface area contributed by atoms with E-state index in [2.05, 4.69) is 42.4 Å². The lowest BCUT2D eigenvalue weighted by molar-refractivity contribution is 0.308. The van der Waals surface area contributed by atoms with E-state index < -0.39 is 0 Å². The number of hydrogen-bond donors (Lipinski definition) is 3. The molecule has 1 aliphatic heterocycles. The Morgan fingerprint density at radius 3 is 2.70 bits per heavy atom. The fraction of sp³-hybridized carbons (Fsp3) is 0.250. The zero-order valence-electron chi connectivity index (χ0n) is 18.9. The van der Waals surface area contributed by atoms with Gasteiger partial charge in [0, 0.05) is 50.8 Å². The van der Waals surface area contributed by atoms with Gasteiger partial charge in [0.05, 0.1) is 16.3 Å². The minimum absolute atomic E-state index is 0.482. The highest BCUT2D eigenvalue weighted by atomic mass is 32.1. The summed E-state index contributed by atoms with van der Waals surface area (Å²) in [7, 11) is 1.74. The zero-order chi connectivity index (χ0) is 23.0. The maximum Gasteiger partial charge on any atom is 0.228 e. The Morgan fingerprint density at radius 1 is 1.15 bits per heavy atom. The van der Waals surface area contributed by atoms with Crippen molar-refractivity contribution in [1.82, 2.24) is 25.2 Å². The largest absolute Gasteiger partial charge is 0.369 e. The lowest BCUT2D eigenvalue weighted by Crippen LogP contribution is -2.42. The van der Waals surface area contributed by atoms with Gasteiger partial charge >= 0.3 is 0 Å². The molecule has 2 aromatic heterocycles. The van der Waals surface area contributed by atoms with E-state index in [-0.39, 0.29) is 0 Å². The summed E-state index contributed by atoms with van der Waals surface area (Å²) in [5.41, 5.74) is 3.70. The van der Waals surface area contributed by atoms with Gasteiger partial charge in [0.25, 0.3) is 0 Å². The number of aryl methyl sites for hydroxylation is 1. The molecule has 1 aliphatic rings. The number of amidine groups is 1. The molecular weight excluding hydrogens is 432 g/mol. The molecule has 0 saturated carbocycles. The Morgan fingerprint density at radius 2 is 1.94 bits per heavy atom. The van der Waals surface area contributed by atoms with Crippen molar-refractivity contribution in [3.63, 3.8) is 0 Å². The van der Waals surface area contributed by atoms with Crippen molar-refractivity contribution in [2.45, 2.75) is 6.92 Å². The number of thiazole rings is 1. The second-order valence-electron chi connectivity index (χ2n) is 7.49. The van der Waals surface area contributed by atoms with Crippen molar-refractivity contribution in [2.24, 2.45) is 4.99 Å². The van der Waals surface area contributed by atoms with Gasteiger partial charge in [0.2, 0.25) is 5.95 Å². The maximum atomic E-state index is 4.69. The molecule has 0 spiro atoms. The quantitative estimate of drug-likeness (QED) is 0.278. The molecule has 0 atom stereocenters. The predicted molar refractivity (Wildman–Crippen MR) is 137 cm³/mol. The van der Waals surface area contributed by atoms with Crippen molar-refractivity contribution in [2.75, 3.05) is 43.9 Å². The van der Waals surface area contributed by atoms with Gasteiger partial charge in [-0.2, -0.15) is 0 Å². The van der Waals surface area contributed by atoms with E-state index >= 15 is 0 Å². The van der Waals surface area contributed by atoms with Crippen molar-refractivity contribution < 1.29 is 0 Å². The number of piperazine rings is 1. The van der Waals surface area contributed by atoms with Gasteiger partial charge in [-0.3, -0.25) is 4.99 Å². The van der Waals surface area contributed by atoms with Crippen LogP contribution in [0.2, 0.25) is 0 Å². The third-order valence-corrected chi connectivity index (χ3v) is 6.24.